The van der Waals surface area contributed by atoms with Gasteiger partial charge in [-0.2, -0.15) is 0 Å². The van der Waals surface area contributed by atoms with Gasteiger partial charge in [-0.3, -0.25) is 0 Å². The molecule has 3 rings (SSSR count). The summed E-state index contributed by atoms with van der Waals surface area (Å²) >= 11 is 0. The average Bonchev–Trinajstić information content (AvgIpc) is 2.93. The summed E-state index contributed by atoms with van der Waals surface area (Å²) in [5.74, 6) is 0. The zero-order valence-corrected chi connectivity index (χ0v) is 24.2. The highest BCUT2D eigenvalue weighted by Gasteiger charge is 2.39. The molecule has 0 amide bonds. The van der Waals surface area contributed by atoms with Gasteiger partial charge in [0.1, 0.15) is 12.3 Å². The van der Waals surface area contributed by atoms with Crippen LogP contribution in [0, 0.1) is 17.8 Å². The summed E-state index contributed by atoms with van der Waals surface area (Å²) in [7, 11) is 0. The molecule has 0 radical (unpaired) electrons. The molecule has 1 aromatic rings. The highest BCUT2D eigenvalue weighted by atomic mass is 19.1. The van der Waals surface area contributed by atoms with Crippen LogP contribution < -0.4 is 0 Å². The third-order valence-electron chi connectivity index (χ3n) is 9.70. The fraction of sp³-hybridized carbons (Fsp3) is 0.714. The SMILES string of the molecule is CCCCC1(C(F)C=CCc2cccc(C)c2CC=CC(F)C2(CCCC)CCCCC2)CCCCC1. The van der Waals surface area contributed by atoms with Crippen molar-refractivity contribution in [3.05, 3.63) is 59.2 Å². The van der Waals surface area contributed by atoms with E-state index in [2.05, 4.69) is 51.1 Å². The lowest BCUT2D eigenvalue weighted by Crippen LogP contribution is -2.33. The molecule has 2 aliphatic carbocycles. The van der Waals surface area contributed by atoms with Gasteiger partial charge in [-0.25, -0.2) is 8.78 Å². The Kier molecular flexibility index (Phi) is 12.4. The Bertz CT molecular complexity index is 839. The molecule has 0 nitrogen and oxygen atoms in total. The molecule has 0 bridgehead atoms. The number of aryl methyl sites for hydroxylation is 1. The largest absolute Gasteiger partial charge is 0.242 e. The fourth-order valence-electron chi connectivity index (χ4n) is 7.17. The van der Waals surface area contributed by atoms with Gasteiger partial charge in [-0.1, -0.05) is 121 Å². The van der Waals surface area contributed by atoms with Gasteiger partial charge < -0.3 is 0 Å². The van der Waals surface area contributed by atoms with E-state index >= 15 is 8.78 Å². The third kappa shape index (κ3) is 8.27. The second-order valence-electron chi connectivity index (χ2n) is 12.3. The van der Waals surface area contributed by atoms with Gasteiger partial charge in [0.15, 0.2) is 0 Å². The molecule has 0 heterocycles. The molecule has 2 heteroatoms. The van der Waals surface area contributed by atoms with E-state index < -0.39 is 12.3 Å². The van der Waals surface area contributed by atoms with Gasteiger partial charge in [0.25, 0.3) is 0 Å². The minimum absolute atomic E-state index is 0.147. The summed E-state index contributed by atoms with van der Waals surface area (Å²) in [5, 5.41) is 0. The average molecular weight is 513 g/mol. The Balaban J connectivity index is 1.66. The van der Waals surface area contributed by atoms with Crippen LogP contribution in [0.1, 0.15) is 133 Å². The first-order valence-electron chi connectivity index (χ1n) is 15.7. The summed E-state index contributed by atoms with van der Waals surface area (Å²) in [6.07, 6.45) is 25.5. The highest BCUT2D eigenvalue weighted by Crippen LogP contribution is 2.46. The maximum absolute atomic E-state index is 15.6. The summed E-state index contributed by atoms with van der Waals surface area (Å²) in [4.78, 5) is 0. The molecule has 2 atom stereocenters. The number of rotatable bonds is 14. The number of alkyl halides is 2. The predicted octanol–water partition coefficient (Wildman–Crippen LogP) is 11.2. The molecule has 2 aliphatic rings. The summed E-state index contributed by atoms with van der Waals surface area (Å²) < 4.78 is 31.2. The maximum atomic E-state index is 15.6. The predicted molar refractivity (Wildman–Crippen MR) is 157 cm³/mol. The van der Waals surface area contributed by atoms with E-state index in [1.54, 1.807) is 0 Å². The van der Waals surface area contributed by atoms with E-state index in [1.165, 1.54) is 55.2 Å². The van der Waals surface area contributed by atoms with Crippen molar-refractivity contribution >= 4 is 0 Å². The van der Waals surface area contributed by atoms with Gasteiger partial charge in [0.05, 0.1) is 0 Å². The second kappa shape index (κ2) is 15.2. The zero-order chi connectivity index (χ0) is 26.6. The first-order chi connectivity index (χ1) is 18.0. The number of allylic oxidation sites excluding steroid dienone is 4. The molecule has 0 N–H and O–H groups in total. The molecule has 2 unspecified atom stereocenters. The standard InChI is InChI=1S/C35H54F2/c1-4-6-23-34(25-10-8-11-26-34)32(36)21-15-19-30-18-14-17-29(3)31(30)20-16-22-33(37)35(24-7-5-2)27-12-9-13-28-35/h14-18,21-22,32-33H,4-13,19-20,23-28H2,1-3H3. The molecule has 0 aliphatic heterocycles. The number of hydrogen-bond acceptors (Lipinski definition) is 0. The molecule has 0 spiro atoms. The second-order valence-corrected chi connectivity index (χ2v) is 12.3. The topological polar surface area (TPSA) is 0 Å². The zero-order valence-electron chi connectivity index (χ0n) is 24.2. The molecule has 208 valence electrons. The maximum Gasteiger partial charge on any atom is 0.124 e. The first kappa shape index (κ1) is 30.1. The van der Waals surface area contributed by atoms with Gasteiger partial charge in [-0.15, -0.1) is 0 Å². The van der Waals surface area contributed by atoms with Crippen molar-refractivity contribution < 1.29 is 8.78 Å². The minimum atomic E-state index is -0.853. The Morgan fingerprint density at radius 1 is 0.730 bits per heavy atom. The fourth-order valence-corrected chi connectivity index (χ4v) is 7.17. The van der Waals surface area contributed by atoms with Gasteiger partial charge in [0.2, 0.25) is 0 Å². The number of halogens is 2. The van der Waals surface area contributed by atoms with Crippen molar-refractivity contribution in [1.29, 1.82) is 0 Å². The van der Waals surface area contributed by atoms with Crippen LogP contribution in [0.2, 0.25) is 0 Å². The highest BCUT2D eigenvalue weighted by molar-refractivity contribution is 5.37. The van der Waals surface area contributed by atoms with Crippen molar-refractivity contribution in [1.82, 2.24) is 0 Å². The van der Waals surface area contributed by atoms with Crippen molar-refractivity contribution in [3.63, 3.8) is 0 Å². The Morgan fingerprint density at radius 3 is 1.70 bits per heavy atom. The van der Waals surface area contributed by atoms with Crippen LogP contribution in [-0.4, -0.2) is 12.3 Å². The lowest BCUT2D eigenvalue weighted by molar-refractivity contribution is 0.0771. The van der Waals surface area contributed by atoms with Crippen LogP contribution in [0.4, 0.5) is 8.78 Å². The van der Waals surface area contributed by atoms with Crippen molar-refractivity contribution in [3.8, 4) is 0 Å². The van der Waals surface area contributed by atoms with Gasteiger partial charge in [0, 0.05) is 10.8 Å². The number of benzene rings is 1. The number of hydrogen-bond donors (Lipinski definition) is 0. The monoisotopic (exact) mass is 512 g/mol. The van der Waals surface area contributed by atoms with E-state index in [0.717, 1.165) is 77.0 Å². The summed E-state index contributed by atoms with van der Waals surface area (Å²) in [6.45, 7) is 6.56. The quantitative estimate of drug-likeness (QED) is 0.217. The van der Waals surface area contributed by atoms with Gasteiger partial charge in [-0.05, 0) is 75.0 Å². The van der Waals surface area contributed by atoms with E-state index in [4.69, 9.17) is 0 Å². The molecule has 0 saturated heterocycles. The summed E-state index contributed by atoms with van der Waals surface area (Å²) in [5.41, 5.74) is 3.47. The van der Waals surface area contributed by atoms with Gasteiger partial charge >= 0.3 is 0 Å². The van der Waals surface area contributed by atoms with E-state index in [-0.39, 0.29) is 10.8 Å². The lowest BCUT2D eigenvalue weighted by Gasteiger charge is -2.39. The molecule has 2 saturated carbocycles. The van der Waals surface area contributed by atoms with Crippen molar-refractivity contribution in [2.75, 3.05) is 0 Å². The molecule has 37 heavy (non-hydrogen) atoms. The Morgan fingerprint density at radius 2 is 1.22 bits per heavy atom. The van der Waals surface area contributed by atoms with Crippen LogP contribution in [0.15, 0.2) is 42.5 Å². The summed E-state index contributed by atoms with van der Waals surface area (Å²) in [6, 6.07) is 6.41. The van der Waals surface area contributed by atoms with E-state index in [9.17, 15) is 0 Å². The Hall–Kier alpha value is -1.44. The van der Waals surface area contributed by atoms with Crippen LogP contribution in [0.3, 0.4) is 0 Å². The Labute approximate surface area is 227 Å². The smallest absolute Gasteiger partial charge is 0.124 e. The molecular formula is C35H54F2. The molecular weight excluding hydrogens is 458 g/mol. The minimum Gasteiger partial charge on any atom is -0.242 e. The number of unbranched alkanes of at least 4 members (excludes halogenated alkanes) is 2. The van der Waals surface area contributed by atoms with E-state index in [0.29, 0.717) is 0 Å². The molecule has 2 fully saturated rings. The lowest BCUT2D eigenvalue weighted by atomic mass is 9.67. The molecule has 1 aromatic carbocycles. The van der Waals surface area contributed by atoms with Crippen LogP contribution >= 0.6 is 0 Å². The van der Waals surface area contributed by atoms with E-state index in [1.807, 2.05) is 12.2 Å². The van der Waals surface area contributed by atoms with Crippen LogP contribution in [-0.2, 0) is 12.8 Å². The van der Waals surface area contributed by atoms with Crippen molar-refractivity contribution in [2.45, 2.75) is 149 Å². The third-order valence-corrected chi connectivity index (χ3v) is 9.70. The molecule has 0 aromatic heterocycles. The first-order valence-corrected chi connectivity index (χ1v) is 15.7. The normalized spacial score (nSPS) is 21.4. The van der Waals surface area contributed by atoms with Crippen molar-refractivity contribution in [2.24, 2.45) is 10.8 Å². The van der Waals surface area contributed by atoms with Crippen LogP contribution in [0.5, 0.6) is 0 Å². The van der Waals surface area contributed by atoms with Crippen LogP contribution in [0.25, 0.3) is 0 Å².